The summed E-state index contributed by atoms with van der Waals surface area (Å²) in [6.45, 7) is 3.98. The van der Waals surface area contributed by atoms with E-state index in [2.05, 4.69) is 0 Å². The lowest BCUT2D eigenvalue weighted by Gasteiger charge is -2.08. The minimum Gasteiger partial charge on any atom is -0.295 e. The maximum absolute atomic E-state index is 11.5. The monoisotopic (exact) mass is 178 g/mol. The third-order valence-corrected chi connectivity index (χ3v) is 3.28. The van der Waals surface area contributed by atoms with Gasteiger partial charge in [-0.25, -0.2) is 0 Å². The number of carbonyl (C=O) groups excluding carboxylic acids is 1. The average Bonchev–Trinajstić information content (AvgIpc) is 2.57. The van der Waals surface area contributed by atoms with Crippen molar-refractivity contribution in [2.45, 2.75) is 39.5 Å². The molecule has 0 N–H and O–H groups in total. The number of carbonyl (C=O) groups is 1. The van der Waals surface area contributed by atoms with Crippen molar-refractivity contribution in [3.63, 3.8) is 0 Å². The Morgan fingerprint density at radius 2 is 1.85 bits per heavy atom. The molecular weight excluding hydrogens is 160 g/mol. The van der Waals surface area contributed by atoms with Crippen LogP contribution in [0.15, 0.2) is 11.6 Å². The number of hydrogen-bond donors (Lipinski definition) is 0. The summed E-state index contributed by atoms with van der Waals surface area (Å²) < 4.78 is 0. The predicted molar refractivity (Wildman–Crippen MR) is 53.4 cm³/mol. The van der Waals surface area contributed by atoms with Crippen LogP contribution in [0.25, 0.3) is 0 Å². The second-order valence-electron chi connectivity index (χ2n) is 4.99. The molecule has 2 rings (SSSR count). The van der Waals surface area contributed by atoms with Crippen molar-refractivity contribution >= 4 is 5.78 Å². The molecule has 0 aromatic carbocycles. The van der Waals surface area contributed by atoms with Crippen molar-refractivity contribution in [2.75, 3.05) is 0 Å². The molecule has 0 bridgehead atoms. The molecule has 0 aromatic rings. The third-order valence-electron chi connectivity index (χ3n) is 3.28. The molecule has 13 heavy (non-hydrogen) atoms. The molecule has 0 saturated heterocycles. The first-order valence-corrected chi connectivity index (χ1v) is 5.33. The van der Waals surface area contributed by atoms with Crippen molar-refractivity contribution in [3.05, 3.63) is 11.6 Å². The first kappa shape index (κ1) is 8.98. The van der Waals surface area contributed by atoms with Gasteiger partial charge in [0.05, 0.1) is 0 Å². The highest BCUT2D eigenvalue weighted by Crippen LogP contribution is 2.55. The van der Waals surface area contributed by atoms with Crippen LogP contribution in [0, 0.1) is 17.8 Å². The Kier molecular flexibility index (Phi) is 2.27. The van der Waals surface area contributed by atoms with Gasteiger partial charge >= 0.3 is 0 Å². The van der Waals surface area contributed by atoms with Gasteiger partial charge in [-0.1, -0.05) is 5.57 Å². The predicted octanol–water partition coefficient (Wildman–Crippen LogP) is 2.96. The van der Waals surface area contributed by atoms with Gasteiger partial charge in [0, 0.05) is 6.42 Å². The van der Waals surface area contributed by atoms with E-state index in [4.69, 9.17) is 0 Å². The second kappa shape index (κ2) is 3.28. The molecule has 0 spiro atoms. The Balaban J connectivity index is 1.78. The number of hydrogen-bond acceptors (Lipinski definition) is 1. The topological polar surface area (TPSA) is 17.1 Å². The Bertz CT molecular complexity index is 238. The Morgan fingerprint density at radius 3 is 2.38 bits per heavy atom. The number of rotatable bonds is 3. The van der Waals surface area contributed by atoms with Crippen LogP contribution in [0.4, 0.5) is 0 Å². The molecule has 2 fully saturated rings. The largest absolute Gasteiger partial charge is 0.295 e. The molecule has 2 aliphatic carbocycles. The summed E-state index contributed by atoms with van der Waals surface area (Å²) in [5, 5.41) is 0. The Labute approximate surface area is 80.2 Å². The van der Waals surface area contributed by atoms with Gasteiger partial charge in [0.25, 0.3) is 0 Å². The molecule has 72 valence electrons. The van der Waals surface area contributed by atoms with Gasteiger partial charge in [0.2, 0.25) is 0 Å². The number of ketones is 1. The van der Waals surface area contributed by atoms with Crippen LogP contribution < -0.4 is 0 Å². The number of fused-ring (bicyclic) bond motifs is 1. The highest BCUT2D eigenvalue weighted by Gasteiger charge is 2.45. The van der Waals surface area contributed by atoms with Gasteiger partial charge in [-0.05, 0) is 56.9 Å². The molecular formula is C12H18O. The lowest BCUT2D eigenvalue weighted by Crippen LogP contribution is -2.04. The third kappa shape index (κ3) is 2.20. The zero-order valence-corrected chi connectivity index (χ0v) is 8.55. The van der Waals surface area contributed by atoms with E-state index in [1.807, 2.05) is 13.8 Å². The molecule has 0 aliphatic heterocycles. The summed E-state index contributed by atoms with van der Waals surface area (Å²) in [5.74, 6) is 3.06. The van der Waals surface area contributed by atoms with E-state index in [0.717, 1.165) is 23.8 Å². The van der Waals surface area contributed by atoms with Crippen LogP contribution in [-0.2, 0) is 4.79 Å². The standard InChI is InChI=1S/C12H18O/c1-8(2)3-12(13)6-9-4-10-7-11(10)5-9/h3,9-11H,4-7H2,1-2H3. The maximum Gasteiger partial charge on any atom is 0.155 e. The smallest absolute Gasteiger partial charge is 0.155 e. The van der Waals surface area contributed by atoms with Gasteiger partial charge in [-0.15, -0.1) is 0 Å². The van der Waals surface area contributed by atoms with Gasteiger partial charge in [0.15, 0.2) is 5.78 Å². The summed E-state index contributed by atoms with van der Waals surface area (Å²) in [6, 6.07) is 0. The zero-order chi connectivity index (χ0) is 9.42. The van der Waals surface area contributed by atoms with Gasteiger partial charge in [-0.2, -0.15) is 0 Å². The molecule has 2 unspecified atom stereocenters. The van der Waals surface area contributed by atoms with Crippen LogP contribution in [0.1, 0.15) is 39.5 Å². The highest BCUT2D eigenvalue weighted by atomic mass is 16.1. The van der Waals surface area contributed by atoms with Gasteiger partial charge in [0.1, 0.15) is 0 Å². The molecule has 0 aromatic heterocycles. The summed E-state index contributed by atoms with van der Waals surface area (Å²) in [5.41, 5.74) is 1.13. The van der Waals surface area contributed by atoms with Crippen molar-refractivity contribution < 1.29 is 4.79 Å². The van der Waals surface area contributed by atoms with E-state index in [-0.39, 0.29) is 0 Å². The first-order valence-electron chi connectivity index (χ1n) is 5.33. The van der Waals surface area contributed by atoms with E-state index >= 15 is 0 Å². The van der Waals surface area contributed by atoms with Crippen LogP contribution in [0.5, 0.6) is 0 Å². The van der Waals surface area contributed by atoms with E-state index in [1.54, 1.807) is 6.08 Å². The summed E-state index contributed by atoms with van der Waals surface area (Å²) in [4.78, 5) is 11.5. The van der Waals surface area contributed by atoms with E-state index < -0.39 is 0 Å². The fourth-order valence-corrected chi connectivity index (χ4v) is 2.67. The van der Waals surface area contributed by atoms with Crippen molar-refractivity contribution in [3.8, 4) is 0 Å². The quantitative estimate of drug-likeness (QED) is 0.607. The van der Waals surface area contributed by atoms with E-state index in [9.17, 15) is 4.79 Å². The molecule has 0 radical (unpaired) electrons. The zero-order valence-electron chi connectivity index (χ0n) is 8.55. The maximum atomic E-state index is 11.5. The SMILES string of the molecule is CC(C)=CC(=O)CC1CC2CC2C1. The Morgan fingerprint density at radius 1 is 1.23 bits per heavy atom. The van der Waals surface area contributed by atoms with Gasteiger partial charge < -0.3 is 0 Å². The first-order chi connectivity index (χ1) is 6.15. The Hall–Kier alpha value is -0.590. The lowest BCUT2D eigenvalue weighted by molar-refractivity contribution is -0.115. The van der Waals surface area contributed by atoms with Crippen LogP contribution in [-0.4, -0.2) is 5.78 Å². The molecule has 2 atom stereocenters. The lowest BCUT2D eigenvalue weighted by atomic mass is 9.96. The molecule has 2 aliphatic rings. The van der Waals surface area contributed by atoms with E-state index in [0.29, 0.717) is 11.7 Å². The van der Waals surface area contributed by atoms with Crippen molar-refractivity contribution in [1.82, 2.24) is 0 Å². The summed E-state index contributed by atoms with van der Waals surface area (Å²) in [6.07, 6.45) is 6.70. The average molecular weight is 178 g/mol. The fourth-order valence-electron chi connectivity index (χ4n) is 2.67. The minimum atomic E-state index is 0.339. The van der Waals surface area contributed by atoms with Crippen molar-refractivity contribution in [2.24, 2.45) is 17.8 Å². The highest BCUT2D eigenvalue weighted by molar-refractivity contribution is 5.90. The minimum absolute atomic E-state index is 0.339. The summed E-state index contributed by atoms with van der Waals surface area (Å²) in [7, 11) is 0. The van der Waals surface area contributed by atoms with E-state index in [1.165, 1.54) is 19.3 Å². The second-order valence-corrected chi connectivity index (χ2v) is 4.99. The normalized spacial score (nSPS) is 35.4. The molecule has 1 heteroatoms. The fraction of sp³-hybridized carbons (Fsp3) is 0.750. The molecule has 0 heterocycles. The molecule has 2 saturated carbocycles. The van der Waals surface area contributed by atoms with Crippen LogP contribution >= 0.6 is 0 Å². The van der Waals surface area contributed by atoms with Crippen LogP contribution in [0.2, 0.25) is 0 Å². The van der Waals surface area contributed by atoms with Crippen LogP contribution in [0.3, 0.4) is 0 Å². The molecule has 1 nitrogen and oxygen atoms in total. The van der Waals surface area contributed by atoms with Gasteiger partial charge in [-0.3, -0.25) is 4.79 Å². The summed E-state index contributed by atoms with van der Waals surface area (Å²) >= 11 is 0. The molecule has 0 amide bonds. The number of allylic oxidation sites excluding steroid dienone is 2. The van der Waals surface area contributed by atoms with Crippen molar-refractivity contribution in [1.29, 1.82) is 0 Å².